The van der Waals surface area contributed by atoms with Gasteiger partial charge in [0, 0.05) is 14.1 Å². The van der Waals surface area contributed by atoms with Gasteiger partial charge in [-0.05, 0) is 19.9 Å². The normalized spacial score (nSPS) is 19.2. The number of carbonyl (C=O) groups is 1. The molecule has 0 saturated carbocycles. The third kappa shape index (κ3) is 2.28. The molecule has 1 amide bonds. The zero-order chi connectivity index (χ0) is 13.5. The van der Waals surface area contributed by atoms with Crippen LogP contribution in [0.3, 0.4) is 0 Å². The Morgan fingerprint density at radius 2 is 2.22 bits per heavy atom. The van der Waals surface area contributed by atoms with Crippen molar-refractivity contribution >= 4 is 39.4 Å². The van der Waals surface area contributed by atoms with Gasteiger partial charge in [-0.1, -0.05) is 11.3 Å². The van der Waals surface area contributed by atoms with Crippen molar-refractivity contribution in [2.75, 3.05) is 23.9 Å². The molecule has 1 fully saturated rings. The number of anilines is 2. The second-order valence-electron chi connectivity index (χ2n) is 4.32. The van der Waals surface area contributed by atoms with E-state index in [9.17, 15) is 4.79 Å². The van der Waals surface area contributed by atoms with Gasteiger partial charge >= 0.3 is 0 Å². The van der Waals surface area contributed by atoms with Crippen LogP contribution in [0.2, 0.25) is 0 Å². The Morgan fingerprint density at radius 1 is 1.56 bits per heavy atom. The molecule has 2 rings (SSSR count). The van der Waals surface area contributed by atoms with Crippen molar-refractivity contribution in [3.8, 4) is 0 Å². The van der Waals surface area contributed by atoms with Gasteiger partial charge < -0.3 is 11.1 Å². The van der Waals surface area contributed by atoms with Crippen LogP contribution in [0.1, 0.15) is 24.2 Å². The zero-order valence-electron chi connectivity index (χ0n) is 10.7. The van der Waals surface area contributed by atoms with Gasteiger partial charge in [0.15, 0.2) is 5.72 Å². The van der Waals surface area contributed by atoms with Crippen LogP contribution in [0.15, 0.2) is 6.07 Å². The standard InChI is InChI=1S/C10H16N4O2S2/c1-10(2)13(4)18-14(16-10)7-5-6(8(11)15)9(12-3)17-7/h5,12H,1-4H3,(H2,11,15). The molecule has 1 aromatic rings. The van der Waals surface area contributed by atoms with Crippen LogP contribution in [0.4, 0.5) is 10.0 Å². The second-order valence-corrected chi connectivity index (χ2v) is 6.39. The summed E-state index contributed by atoms with van der Waals surface area (Å²) in [5.74, 6) is -0.446. The van der Waals surface area contributed by atoms with Gasteiger partial charge in [-0.3, -0.25) is 4.79 Å². The maximum absolute atomic E-state index is 11.3. The lowest BCUT2D eigenvalue weighted by Crippen LogP contribution is -2.33. The molecular weight excluding hydrogens is 272 g/mol. The van der Waals surface area contributed by atoms with E-state index in [4.69, 9.17) is 10.6 Å². The average Bonchev–Trinajstić information content (AvgIpc) is 2.81. The predicted octanol–water partition coefficient (Wildman–Crippen LogP) is 1.87. The molecule has 100 valence electrons. The van der Waals surface area contributed by atoms with E-state index in [1.165, 1.54) is 23.5 Å². The number of nitrogens with one attached hydrogen (secondary N) is 1. The van der Waals surface area contributed by atoms with Gasteiger partial charge in [0.25, 0.3) is 5.91 Å². The zero-order valence-corrected chi connectivity index (χ0v) is 12.3. The van der Waals surface area contributed by atoms with E-state index < -0.39 is 5.91 Å². The smallest absolute Gasteiger partial charge is 0.251 e. The van der Waals surface area contributed by atoms with Crippen LogP contribution < -0.4 is 15.5 Å². The molecule has 0 bridgehead atoms. The molecule has 0 spiro atoms. The largest absolute Gasteiger partial charge is 0.379 e. The number of thiophene rings is 1. The van der Waals surface area contributed by atoms with Gasteiger partial charge in [-0.15, -0.1) is 0 Å². The van der Waals surface area contributed by atoms with Crippen LogP contribution in [0, 0.1) is 0 Å². The summed E-state index contributed by atoms with van der Waals surface area (Å²) in [5, 5.41) is 4.54. The summed E-state index contributed by atoms with van der Waals surface area (Å²) in [7, 11) is 3.71. The lowest BCUT2D eigenvalue weighted by molar-refractivity contribution is -0.0459. The summed E-state index contributed by atoms with van der Waals surface area (Å²) < 4.78 is 3.69. The Labute approximate surface area is 114 Å². The molecule has 2 heterocycles. The number of hydrogen-bond acceptors (Lipinski definition) is 7. The highest BCUT2D eigenvalue weighted by atomic mass is 32.2. The van der Waals surface area contributed by atoms with E-state index in [-0.39, 0.29) is 5.72 Å². The first-order valence-corrected chi connectivity index (χ1v) is 6.92. The molecule has 3 N–H and O–H groups in total. The van der Waals surface area contributed by atoms with Crippen LogP contribution in [-0.4, -0.2) is 30.0 Å². The predicted molar refractivity (Wildman–Crippen MR) is 75.4 cm³/mol. The van der Waals surface area contributed by atoms with Crippen LogP contribution in [-0.2, 0) is 4.84 Å². The number of rotatable bonds is 3. The summed E-state index contributed by atoms with van der Waals surface area (Å²) >= 11 is 2.87. The summed E-state index contributed by atoms with van der Waals surface area (Å²) in [4.78, 5) is 17.1. The van der Waals surface area contributed by atoms with Gasteiger partial charge in [0.05, 0.1) is 17.7 Å². The van der Waals surface area contributed by atoms with E-state index in [0.29, 0.717) is 5.56 Å². The van der Waals surface area contributed by atoms with Crippen molar-refractivity contribution in [1.82, 2.24) is 4.31 Å². The third-order valence-corrected chi connectivity index (χ3v) is 4.99. The first-order chi connectivity index (χ1) is 8.35. The summed E-state index contributed by atoms with van der Waals surface area (Å²) in [5.41, 5.74) is 5.43. The minimum absolute atomic E-state index is 0.388. The molecule has 1 aromatic heterocycles. The number of nitrogens with two attached hydrogens (primary N) is 1. The molecule has 0 unspecified atom stereocenters. The van der Waals surface area contributed by atoms with Crippen molar-refractivity contribution in [1.29, 1.82) is 0 Å². The van der Waals surface area contributed by atoms with Gasteiger partial charge in [-0.2, -0.15) is 4.47 Å². The quantitative estimate of drug-likeness (QED) is 0.827. The van der Waals surface area contributed by atoms with E-state index in [2.05, 4.69) is 5.32 Å². The third-order valence-electron chi connectivity index (χ3n) is 2.65. The number of nitrogens with zero attached hydrogens (tertiary/aromatic N) is 2. The van der Waals surface area contributed by atoms with Crippen LogP contribution in [0.25, 0.3) is 0 Å². The molecule has 1 aliphatic rings. The van der Waals surface area contributed by atoms with Crippen molar-refractivity contribution in [2.45, 2.75) is 19.6 Å². The van der Waals surface area contributed by atoms with E-state index in [0.717, 1.165) is 10.0 Å². The average molecular weight is 288 g/mol. The molecule has 0 aliphatic carbocycles. The molecule has 1 aliphatic heterocycles. The van der Waals surface area contributed by atoms with Crippen molar-refractivity contribution in [2.24, 2.45) is 5.73 Å². The molecule has 0 aromatic carbocycles. The molecule has 8 heteroatoms. The monoisotopic (exact) mass is 288 g/mol. The van der Waals surface area contributed by atoms with Gasteiger partial charge in [0.1, 0.15) is 10.0 Å². The highest BCUT2D eigenvalue weighted by molar-refractivity contribution is 7.98. The second kappa shape index (κ2) is 4.61. The van der Waals surface area contributed by atoms with Gasteiger partial charge in [0.2, 0.25) is 0 Å². The molecule has 18 heavy (non-hydrogen) atoms. The van der Waals surface area contributed by atoms with Crippen LogP contribution >= 0.6 is 23.5 Å². The number of carbonyl (C=O) groups excluding carboxylic acids is 1. The van der Waals surface area contributed by atoms with Crippen LogP contribution in [0.5, 0.6) is 0 Å². The first kappa shape index (κ1) is 13.5. The molecule has 0 radical (unpaired) electrons. The topological polar surface area (TPSA) is 70.8 Å². The number of hydrogen-bond donors (Lipinski definition) is 2. The lowest BCUT2D eigenvalue weighted by Gasteiger charge is -2.21. The minimum Gasteiger partial charge on any atom is -0.379 e. The fraction of sp³-hybridized carbons (Fsp3) is 0.500. The first-order valence-electron chi connectivity index (χ1n) is 5.37. The highest BCUT2D eigenvalue weighted by Crippen LogP contribution is 2.44. The summed E-state index contributed by atoms with van der Waals surface area (Å²) in [6.07, 6.45) is 0. The summed E-state index contributed by atoms with van der Waals surface area (Å²) in [6, 6.07) is 1.74. The summed E-state index contributed by atoms with van der Waals surface area (Å²) in [6.45, 7) is 3.95. The van der Waals surface area contributed by atoms with Crippen molar-refractivity contribution in [3.63, 3.8) is 0 Å². The highest BCUT2D eigenvalue weighted by Gasteiger charge is 2.39. The fourth-order valence-corrected chi connectivity index (χ4v) is 3.29. The molecule has 1 saturated heterocycles. The number of amides is 1. The van der Waals surface area contributed by atoms with Gasteiger partial charge in [-0.25, -0.2) is 9.14 Å². The molecular formula is C10H16N4O2S2. The minimum atomic E-state index is -0.446. The maximum Gasteiger partial charge on any atom is 0.251 e. The Balaban J connectivity index is 2.28. The lowest BCUT2D eigenvalue weighted by atomic mass is 10.3. The Bertz CT molecular complexity index is 474. The fourth-order valence-electron chi connectivity index (χ4n) is 1.41. The Kier molecular flexibility index (Phi) is 3.45. The number of primary amides is 1. The van der Waals surface area contributed by atoms with E-state index in [1.807, 2.05) is 25.2 Å². The van der Waals surface area contributed by atoms with Crippen molar-refractivity contribution < 1.29 is 9.63 Å². The van der Waals surface area contributed by atoms with E-state index in [1.54, 1.807) is 17.6 Å². The van der Waals surface area contributed by atoms with E-state index >= 15 is 0 Å². The maximum atomic E-state index is 11.3. The molecule has 6 nitrogen and oxygen atoms in total. The Hall–Kier alpha value is -0.960. The van der Waals surface area contributed by atoms with Crippen molar-refractivity contribution in [3.05, 3.63) is 11.6 Å². The SMILES string of the molecule is CNc1sc(N2OC(C)(C)N(C)S2)cc1C(N)=O. The molecule has 0 atom stereocenters. The Morgan fingerprint density at radius 3 is 2.61 bits per heavy atom.